The minimum atomic E-state index is -0.383. The lowest BCUT2D eigenvalue weighted by molar-refractivity contribution is -0.384. The Hall–Kier alpha value is -1.91. The molecule has 1 aromatic carbocycles. The highest BCUT2D eigenvalue weighted by molar-refractivity contribution is 5.86. The Kier molecular flexibility index (Phi) is 4.18. The van der Waals surface area contributed by atoms with Crippen LogP contribution in [0.15, 0.2) is 29.4 Å². The van der Waals surface area contributed by atoms with Crippen LogP contribution in [0.5, 0.6) is 0 Å². The van der Waals surface area contributed by atoms with Gasteiger partial charge in [0.05, 0.1) is 10.6 Å². The lowest BCUT2D eigenvalue weighted by Gasteiger charge is -2.35. The molecule has 5 heteroatoms. The van der Waals surface area contributed by atoms with Gasteiger partial charge in [-0.15, -0.1) is 0 Å². The summed E-state index contributed by atoms with van der Waals surface area (Å²) in [4.78, 5) is 10.4. The number of benzene rings is 1. The van der Waals surface area contributed by atoms with Gasteiger partial charge in [-0.1, -0.05) is 25.3 Å². The maximum absolute atomic E-state index is 10.8. The number of hydrazone groups is 1. The third-order valence-electron chi connectivity index (χ3n) is 4.77. The van der Waals surface area contributed by atoms with Gasteiger partial charge in [-0.3, -0.25) is 15.5 Å². The molecule has 1 N–H and O–H groups in total. The summed E-state index contributed by atoms with van der Waals surface area (Å²) in [6.07, 6.45) is 8.86. The lowest BCUT2D eigenvalue weighted by atomic mass is 9.70. The van der Waals surface area contributed by atoms with Crippen LogP contribution in [-0.2, 0) is 0 Å². The highest BCUT2D eigenvalue weighted by atomic mass is 16.6. The summed E-state index contributed by atoms with van der Waals surface area (Å²) in [6.45, 7) is 0. The van der Waals surface area contributed by atoms with Crippen molar-refractivity contribution in [3.05, 3.63) is 34.4 Å². The van der Waals surface area contributed by atoms with Gasteiger partial charge in [0.2, 0.25) is 0 Å². The molecule has 112 valence electrons. The molecule has 2 aliphatic carbocycles. The first-order valence-electron chi connectivity index (χ1n) is 7.78. The lowest BCUT2D eigenvalue weighted by Crippen LogP contribution is -2.28. The van der Waals surface area contributed by atoms with E-state index in [0.717, 1.165) is 24.7 Å². The molecule has 0 saturated heterocycles. The molecule has 2 saturated carbocycles. The van der Waals surface area contributed by atoms with E-state index < -0.39 is 0 Å². The van der Waals surface area contributed by atoms with Crippen LogP contribution < -0.4 is 5.43 Å². The van der Waals surface area contributed by atoms with Gasteiger partial charge in [-0.05, 0) is 43.6 Å². The summed E-state index contributed by atoms with van der Waals surface area (Å²) in [5.74, 6) is 1.70. The second-order valence-corrected chi connectivity index (χ2v) is 6.14. The number of fused-ring (bicyclic) bond motifs is 1. The number of nitro groups is 1. The fraction of sp³-hybridized carbons (Fsp3) is 0.562. The number of anilines is 1. The molecule has 1 aromatic rings. The minimum absolute atomic E-state index is 0.0937. The van der Waals surface area contributed by atoms with Gasteiger partial charge in [0.25, 0.3) is 5.69 Å². The zero-order valence-corrected chi connectivity index (χ0v) is 12.1. The molecule has 0 spiro atoms. The summed E-state index contributed by atoms with van der Waals surface area (Å²) < 4.78 is 0. The predicted molar refractivity (Wildman–Crippen MR) is 83.5 cm³/mol. The SMILES string of the molecule is O=[N+]([O-])c1cccc(N/N=C2\CC[C@H]3CCCC[C@@H]3C2)c1. The average Bonchev–Trinajstić information content (AvgIpc) is 2.53. The molecule has 5 nitrogen and oxygen atoms in total. The summed E-state index contributed by atoms with van der Waals surface area (Å²) >= 11 is 0. The maximum atomic E-state index is 10.8. The largest absolute Gasteiger partial charge is 0.278 e. The molecule has 0 heterocycles. The Labute approximate surface area is 124 Å². The Balaban J connectivity index is 1.63. The van der Waals surface area contributed by atoms with E-state index in [0.29, 0.717) is 5.69 Å². The van der Waals surface area contributed by atoms with E-state index in [2.05, 4.69) is 10.5 Å². The molecule has 0 aliphatic heterocycles. The molecule has 21 heavy (non-hydrogen) atoms. The first kappa shape index (κ1) is 14.0. The van der Waals surface area contributed by atoms with Gasteiger partial charge < -0.3 is 0 Å². The quantitative estimate of drug-likeness (QED) is 0.663. The first-order valence-corrected chi connectivity index (χ1v) is 7.78. The smallest absolute Gasteiger partial charge is 0.271 e. The second-order valence-electron chi connectivity index (χ2n) is 6.14. The normalized spacial score (nSPS) is 27.1. The van der Waals surface area contributed by atoms with Crippen molar-refractivity contribution in [2.75, 3.05) is 5.43 Å². The Bertz CT molecular complexity index is 556. The van der Waals surface area contributed by atoms with E-state index in [1.54, 1.807) is 6.07 Å². The predicted octanol–water partition coefficient (Wildman–Crippen LogP) is 4.35. The van der Waals surface area contributed by atoms with Crippen LogP contribution in [0.25, 0.3) is 0 Å². The molecule has 0 bridgehead atoms. The molecular formula is C16H21N3O2. The van der Waals surface area contributed by atoms with Crippen LogP contribution in [0.3, 0.4) is 0 Å². The Morgan fingerprint density at radius 2 is 2.00 bits per heavy atom. The van der Waals surface area contributed by atoms with E-state index in [-0.39, 0.29) is 10.6 Å². The van der Waals surface area contributed by atoms with E-state index in [1.165, 1.54) is 49.9 Å². The highest BCUT2D eigenvalue weighted by Crippen LogP contribution is 2.39. The molecule has 3 rings (SSSR count). The van der Waals surface area contributed by atoms with Crippen molar-refractivity contribution in [2.45, 2.75) is 44.9 Å². The van der Waals surface area contributed by atoms with Crippen molar-refractivity contribution in [1.82, 2.24) is 0 Å². The van der Waals surface area contributed by atoms with E-state index in [4.69, 9.17) is 0 Å². The van der Waals surface area contributed by atoms with Crippen LogP contribution in [0.2, 0.25) is 0 Å². The topological polar surface area (TPSA) is 67.5 Å². The first-order chi connectivity index (χ1) is 10.2. The molecule has 2 fully saturated rings. The molecule has 0 amide bonds. The van der Waals surface area contributed by atoms with Crippen LogP contribution >= 0.6 is 0 Å². The molecule has 2 aliphatic rings. The van der Waals surface area contributed by atoms with Crippen molar-refractivity contribution in [3.63, 3.8) is 0 Å². The number of non-ortho nitro benzene ring substituents is 1. The van der Waals surface area contributed by atoms with E-state index >= 15 is 0 Å². The van der Waals surface area contributed by atoms with Gasteiger partial charge in [-0.2, -0.15) is 5.10 Å². The number of nitro benzene ring substituents is 1. The zero-order valence-electron chi connectivity index (χ0n) is 12.1. The third-order valence-corrected chi connectivity index (χ3v) is 4.77. The Morgan fingerprint density at radius 3 is 2.81 bits per heavy atom. The van der Waals surface area contributed by atoms with Crippen molar-refractivity contribution in [3.8, 4) is 0 Å². The second kappa shape index (κ2) is 6.24. The number of hydrogen-bond donors (Lipinski definition) is 1. The minimum Gasteiger partial charge on any atom is -0.278 e. The molecule has 0 aromatic heterocycles. The van der Waals surface area contributed by atoms with Crippen molar-refractivity contribution in [2.24, 2.45) is 16.9 Å². The molecular weight excluding hydrogens is 266 g/mol. The fourth-order valence-corrected chi connectivity index (χ4v) is 3.62. The molecule has 0 radical (unpaired) electrons. The van der Waals surface area contributed by atoms with E-state index in [1.807, 2.05) is 6.07 Å². The summed E-state index contributed by atoms with van der Waals surface area (Å²) in [6, 6.07) is 6.50. The number of nitrogens with one attached hydrogen (secondary N) is 1. The van der Waals surface area contributed by atoms with Gasteiger partial charge >= 0.3 is 0 Å². The van der Waals surface area contributed by atoms with Crippen molar-refractivity contribution < 1.29 is 4.92 Å². The summed E-state index contributed by atoms with van der Waals surface area (Å²) in [5, 5.41) is 15.2. The average molecular weight is 287 g/mol. The standard InChI is InChI=1S/C16H21N3O2/c20-19(21)16-7-3-6-14(11-16)17-18-15-9-8-12-4-1-2-5-13(12)10-15/h3,6-7,11-13,17H,1-2,4-5,8-10H2/b18-15+/t12-,13-/m1/s1. The van der Waals surface area contributed by atoms with E-state index in [9.17, 15) is 10.1 Å². The Morgan fingerprint density at radius 1 is 1.19 bits per heavy atom. The van der Waals surface area contributed by atoms with Crippen LogP contribution in [-0.4, -0.2) is 10.6 Å². The van der Waals surface area contributed by atoms with Crippen LogP contribution in [0.1, 0.15) is 44.9 Å². The highest BCUT2D eigenvalue weighted by Gasteiger charge is 2.30. The molecule has 2 atom stereocenters. The van der Waals surface area contributed by atoms with Crippen molar-refractivity contribution in [1.29, 1.82) is 0 Å². The fourth-order valence-electron chi connectivity index (χ4n) is 3.62. The van der Waals surface area contributed by atoms with Gasteiger partial charge in [0, 0.05) is 17.8 Å². The van der Waals surface area contributed by atoms with Crippen molar-refractivity contribution >= 4 is 17.1 Å². The number of nitrogens with zero attached hydrogens (tertiary/aromatic N) is 2. The third kappa shape index (κ3) is 3.40. The van der Waals surface area contributed by atoms with Gasteiger partial charge in [-0.25, -0.2) is 0 Å². The van der Waals surface area contributed by atoms with Gasteiger partial charge in [0.15, 0.2) is 0 Å². The maximum Gasteiger partial charge on any atom is 0.271 e. The summed E-state index contributed by atoms with van der Waals surface area (Å²) in [7, 11) is 0. The van der Waals surface area contributed by atoms with Gasteiger partial charge in [0.1, 0.15) is 0 Å². The monoisotopic (exact) mass is 287 g/mol. The summed E-state index contributed by atoms with van der Waals surface area (Å²) in [5.41, 5.74) is 4.98. The van der Waals surface area contributed by atoms with Crippen LogP contribution in [0.4, 0.5) is 11.4 Å². The zero-order chi connectivity index (χ0) is 14.7. The number of hydrogen-bond acceptors (Lipinski definition) is 4. The number of rotatable bonds is 3. The van der Waals surface area contributed by atoms with Crippen LogP contribution in [0, 0.1) is 22.0 Å². The molecule has 0 unspecified atom stereocenters.